The summed E-state index contributed by atoms with van der Waals surface area (Å²) in [6.45, 7) is 7.53. The Labute approximate surface area is 136 Å². The Balaban J connectivity index is 1.87. The fourth-order valence-corrected chi connectivity index (χ4v) is 2.34. The zero-order valence-corrected chi connectivity index (χ0v) is 13.9. The van der Waals surface area contributed by atoms with E-state index in [1.807, 2.05) is 13.1 Å². The normalized spacial score (nSPS) is 11.0. The number of anilines is 1. The van der Waals surface area contributed by atoms with Crippen LogP contribution in [-0.2, 0) is 13.0 Å². The van der Waals surface area contributed by atoms with E-state index in [2.05, 4.69) is 38.7 Å². The Kier molecular flexibility index (Phi) is 5.67. The highest BCUT2D eigenvalue weighted by molar-refractivity contribution is 5.92. The van der Waals surface area contributed by atoms with E-state index < -0.39 is 0 Å². The van der Waals surface area contributed by atoms with Crippen molar-refractivity contribution in [2.75, 3.05) is 12.3 Å². The standard InChI is InChI=1S/C16H24N6O/c1-11(2)9-13-10-14(21-16(17)20-13)15(23)19-5-4-7-22-8-6-18-12(22)3/h6,8,10-11H,4-5,7,9H2,1-3H3,(H,19,23)(H2,17,20,21). The number of hydrogen-bond acceptors (Lipinski definition) is 5. The van der Waals surface area contributed by atoms with Crippen molar-refractivity contribution in [1.82, 2.24) is 24.8 Å². The summed E-state index contributed by atoms with van der Waals surface area (Å²) in [5, 5.41) is 2.87. The molecule has 0 fully saturated rings. The summed E-state index contributed by atoms with van der Waals surface area (Å²) in [6.07, 6.45) is 5.30. The van der Waals surface area contributed by atoms with E-state index in [1.54, 1.807) is 12.3 Å². The average Bonchev–Trinajstić information content (AvgIpc) is 2.87. The van der Waals surface area contributed by atoms with E-state index in [0.29, 0.717) is 18.2 Å². The van der Waals surface area contributed by atoms with Crippen LogP contribution < -0.4 is 11.1 Å². The van der Waals surface area contributed by atoms with E-state index in [9.17, 15) is 4.79 Å². The zero-order chi connectivity index (χ0) is 16.8. The number of nitrogens with one attached hydrogen (secondary N) is 1. The summed E-state index contributed by atoms with van der Waals surface area (Å²) in [4.78, 5) is 24.5. The van der Waals surface area contributed by atoms with Crippen LogP contribution in [0.4, 0.5) is 5.95 Å². The lowest BCUT2D eigenvalue weighted by Gasteiger charge is -2.09. The number of nitrogen functional groups attached to an aromatic ring is 1. The Morgan fingerprint density at radius 2 is 2.17 bits per heavy atom. The number of imidazole rings is 1. The Hall–Kier alpha value is -2.44. The first-order chi connectivity index (χ1) is 11.0. The van der Waals surface area contributed by atoms with Crippen LogP contribution in [0.25, 0.3) is 0 Å². The Morgan fingerprint density at radius 1 is 1.39 bits per heavy atom. The molecule has 0 aliphatic heterocycles. The van der Waals surface area contributed by atoms with Gasteiger partial charge in [-0.3, -0.25) is 4.79 Å². The fraction of sp³-hybridized carbons (Fsp3) is 0.500. The van der Waals surface area contributed by atoms with Gasteiger partial charge in [0.05, 0.1) is 0 Å². The van der Waals surface area contributed by atoms with Gasteiger partial charge in [-0.25, -0.2) is 15.0 Å². The van der Waals surface area contributed by atoms with Crippen molar-refractivity contribution in [3.05, 3.63) is 35.7 Å². The van der Waals surface area contributed by atoms with Crippen molar-refractivity contribution in [2.24, 2.45) is 5.92 Å². The summed E-state index contributed by atoms with van der Waals surface area (Å²) in [6, 6.07) is 1.71. The molecule has 2 aromatic heterocycles. The van der Waals surface area contributed by atoms with Gasteiger partial charge in [-0.1, -0.05) is 13.8 Å². The second-order valence-corrected chi connectivity index (χ2v) is 5.98. The molecule has 0 unspecified atom stereocenters. The molecule has 7 heteroatoms. The maximum Gasteiger partial charge on any atom is 0.270 e. The smallest absolute Gasteiger partial charge is 0.270 e. The molecule has 0 saturated heterocycles. The maximum atomic E-state index is 12.2. The quantitative estimate of drug-likeness (QED) is 0.756. The number of rotatable bonds is 7. The monoisotopic (exact) mass is 316 g/mol. The molecule has 23 heavy (non-hydrogen) atoms. The molecular weight excluding hydrogens is 292 g/mol. The predicted octanol–water partition coefficient (Wildman–Crippen LogP) is 1.58. The van der Waals surface area contributed by atoms with Crippen LogP contribution in [0.3, 0.4) is 0 Å². The van der Waals surface area contributed by atoms with Gasteiger partial charge in [-0.15, -0.1) is 0 Å². The minimum absolute atomic E-state index is 0.141. The second kappa shape index (κ2) is 7.71. The van der Waals surface area contributed by atoms with Gasteiger partial charge in [0.2, 0.25) is 5.95 Å². The van der Waals surface area contributed by atoms with Crippen LogP contribution in [0.1, 0.15) is 42.3 Å². The van der Waals surface area contributed by atoms with Gasteiger partial charge in [-0.05, 0) is 31.7 Å². The van der Waals surface area contributed by atoms with E-state index in [-0.39, 0.29) is 11.9 Å². The number of carbonyl (C=O) groups excluding carboxylic acids is 1. The number of nitrogens with zero attached hydrogens (tertiary/aromatic N) is 4. The number of hydrogen-bond donors (Lipinski definition) is 2. The van der Waals surface area contributed by atoms with Gasteiger partial charge in [0.1, 0.15) is 11.5 Å². The minimum Gasteiger partial charge on any atom is -0.368 e. The summed E-state index contributed by atoms with van der Waals surface area (Å²) in [5.41, 5.74) is 6.82. The van der Waals surface area contributed by atoms with Crippen LogP contribution >= 0.6 is 0 Å². The molecule has 0 radical (unpaired) electrons. The second-order valence-electron chi connectivity index (χ2n) is 5.98. The molecule has 2 rings (SSSR count). The van der Waals surface area contributed by atoms with Crippen LogP contribution in [0, 0.1) is 12.8 Å². The number of aryl methyl sites for hydroxylation is 2. The lowest BCUT2D eigenvalue weighted by Crippen LogP contribution is -2.27. The summed E-state index contributed by atoms with van der Waals surface area (Å²) in [7, 11) is 0. The lowest BCUT2D eigenvalue weighted by molar-refractivity contribution is 0.0947. The third kappa shape index (κ3) is 5.05. The van der Waals surface area contributed by atoms with Gasteiger partial charge in [-0.2, -0.15) is 0 Å². The zero-order valence-electron chi connectivity index (χ0n) is 13.9. The predicted molar refractivity (Wildman–Crippen MR) is 88.9 cm³/mol. The molecule has 3 N–H and O–H groups in total. The van der Waals surface area contributed by atoms with E-state index in [0.717, 1.165) is 30.9 Å². The Bertz CT molecular complexity index is 664. The topological polar surface area (TPSA) is 98.7 Å². The number of nitrogens with two attached hydrogens (primary N) is 1. The lowest BCUT2D eigenvalue weighted by atomic mass is 10.1. The van der Waals surface area contributed by atoms with Crippen molar-refractivity contribution in [1.29, 1.82) is 0 Å². The number of amides is 1. The van der Waals surface area contributed by atoms with Gasteiger partial charge >= 0.3 is 0 Å². The van der Waals surface area contributed by atoms with Gasteiger partial charge in [0.25, 0.3) is 5.91 Å². The largest absolute Gasteiger partial charge is 0.368 e. The SMILES string of the molecule is Cc1nccn1CCCNC(=O)c1cc(CC(C)C)nc(N)n1. The first kappa shape index (κ1) is 16.9. The van der Waals surface area contributed by atoms with Gasteiger partial charge in [0.15, 0.2) is 0 Å². The van der Waals surface area contributed by atoms with Crippen molar-refractivity contribution >= 4 is 11.9 Å². The van der Waals surface area contributed by atoms with E-state index in [4.69, 9.17) is 5.73 Å². The van der Waals surface area contributed by atoms with Crippen molar-refractivity contribution < 1.29 is 4.79 Å². The van der Waals surface area contributed by atoms with Crippen LogP contribution in [0.15, 0.2) is 18.5 Å². The molecule has 0 aromatic carbocycles. The van der Waals surface area contributed by atoms with Crippen LogP contribution in [-0.4, -0.2) is 32.0 Å². The third-order valence-electron chi connectivity index (χ3n) is 3.43. The van der Waals surface area contributed by atoms with Gasteiger partial charge in [0, 0.05) is 31.2 Å². The summed E-state index contributed by atoms with van der Waals surface area (Å²) < 4.78 is 2.05. The van der Waals surface area contributed by atoms with Crippen LogP contribution in [0.5, 0.6) is 0 Å². The first-order valence-electron chi connectivity index (χ1n) is 7.85. The molecule has 0 saturated carbocycles. The van der Waals surface area contributed by atoms with Crippen molar-refractivity contribution in [3.63, 3.8) is 0 Å². The fourth-order valence-electron chi connectivity index (χ4n) is 2.34. The molecule has 0 spiro atoms. The highest BCUT2D eigenvalue weighted by Crippen LogP contribution is 2.09. The molecule has 0 aliphatic rings. The maximum absolute atomic E-state index is 12.2. The average molecular weight is 316 g/mol. The third-order valence-corrected chi connectivity index (χ3v) is 3.43. The molecule has 0 bridgehead atoms. The van der Waals surface area contributed by atoms with E-state index >= 15 is 0 Å². The van der Waals surface area contributed by atoms with Gasteiger partial charge < -0.3 is 15.6 Å². The molecule has 0 atom stereocenters. The summed E-state index contributed by atoms with van der Waals surface area (Å²) in [5.74, 6) is 1.34. The highest BCUT2D eigenvalue weighted by Gasteiger charge is 2.11. The first-order valence-corrected chi connectivity index (χ1v) is 7.85. The van der Waals surface area contributed by atoms with Crippen LogP contribution in [0.2, 0.25) is 0 Å². The molecule has 1 amide bonds. The number of carbonyl (C=O) groups is 1. The molecular formula is C16H24N6O. The van der Waals surface area contributed by atoms with Crippen molar-refractivity contribution in [2.45, 2.75) is 40.2 Å². The van der Waals surface area contributed by atoms with E-state index in [1.165, 1.54) is 0 Å². The highest BCUT2D eigenvalue weighted by atomic mass is 16.1. The molecule has 7 nitrogen and oxygen atoms in total. The minimum atomic E-state index is -0.216. The number of aromatic nitrogens is 4. The summed E-state index contributed by atoms with van der Waals surface area (Å²) >= 11 is 0. The Morgan fingerprint density at radius 3 is 2.83 bits per heavy atom. The molecule has 2 aromatic rings. The van der Waals surface area contributed by atoms with Crippen molar-refractivity contribution in [3.8, 4) is 0 Å². The molecule has 124 valence electrons. The molecule has 2 heterocycles. The molecule has 0 aliphatic carbocycles.